The van der Waals surface area contributed by atoms with Gasteiger partial charge in [0.1, 0.15) is 6.04 Å². The van der Waals surface area contributed by atoms with Crippen molar-refractivity contribution in [2.45, 2.75) is 72.4 Å². The summed E-state index contributed by atoms with van der Waals surface area (Å²) in [5.41, 5.74) is 1.17. The van der Waals surface area contributed by atoms with Gasteiger partial charge in [0.25, 0.3) is 0 Å². The number of carbonyl (C=O) groups excluding carboxylic acids is 2. The fourth-order valence-corrected chi connectivity index (χ4v) is 5.41. The van der Waals surface area contributed by atoms with Gasteiger partial charge in [0.05, 0.1) is 0 Å². The van der Waals surface area contributed by atoms with E-state index in [0.29, 0.717) is 0 Å². The van der Waals surface area contributed by atoms with Crippen LogP contribution < -0.4 is 10.6 Å². The lowest BCUT2D eigenvalue weighted by atomic mass is 9.65. The minimum Gasteiger partial charge on any atom is -0.337 e. The molecule has 1 aromatic rings. The average Bonchev–Trinajstić information content (AvgIpc) is 2.88. The van der Waals surface area contributed by atoms with Crippen molar-refractivity contribution < 1.29 is 9.59 Å². The monoisotopic (exact) mass is 385 g/mol. The summed E-state index contributed by atoms with van der Waals surface area (Å²) in [6.07, 6.45) is 4.10. The smallest absolute Gasteiger partial charge is 0.319 e. The van der Waals surface area contributed by atoms with Gasteiger partial charge in [0, 0.05) is 18.3 Å². The number of fused-ring (bicyclic) bond motifs is 2. The lowest BCUT2D eigenvalue weighted by Crippen LogP contribution is -2.54. The van der Waals surface area contributed by atoms with Gasteiger partial charge in [0.2, 0.25) is 5.91 Å². The molecule has 5 heteroatoms. The third-order valence-corrected chi connectivity index (χ3v) is 6.50. The largest absolute Gasteiger partial charge is 0.337 e. The van der Waals surface area contributed by atoms with E-state index in [4.69, 9.17) is 0 Å². The Hall–Kier alpha value is -2.04. The van der Waals surface area contributed by atoms with E-state index in [-0.39, 0.29) is 34.7 Å². The maximum Gasteiger partial charge on any atom is 0.319 e. The first-order valence-corrected chi connectivity index (χ1v) is 10.6. The highest BCUT2D eigenvalue weighted by Crippen LogP contribution is 2.52. The summed E-state index contributed by atoms with van der Waals surface area (Å²) in [6.45, 7) is 11.8. The van der Waals surface area contributed by atoms with Crippen molar-refractivity contribution in [3.63, 3.8) is 0 Å². The van der Waals surface area contributed by atoms with Gasteiger partial charge in [-0.3, -0.25) is 4.79 Å². The minimum absolute atomic E-state index is 0.0731. The van der Waals surface area contributed by atoms with Crippen LogP contribution in [-0.4, -0.2) is 35.5 Å². The lowest BCUT2D eigenvalue weighted by molar-refractivity contribution is -0.135. The summed E-state index contributed by atoms with van der Waals surface area (Å²) in [5, 5.41) is 5.81. The number of rotatable bonds is 5. The second-order valence-electron chi connectivity index (χ2n) is 10.0. The van der Waals surface area contributed by atoms with E-state index in [0.717, 1.165) is 37.9 Å². The topological polar surface area (TPSA) is 61.4 Å². The highest BCUT2D eigenvalue weighted by atomic mass is 16.2. The Morgan fingerprint density at radius 2 is 1.86 bits per heavy atom. The van der Waals surface area contributed by atoms with Gasteiger partial charge in [-0.15, -0.1) is 0 Å². The van der Waals surface area contributed by atoms with Crippen LogP contribution in [-0.2, 0) is 4.79 Å². The summed E-state index contributed by atoms with van der Waals surface area (Å²) < 4.78 is 0. The van der Waals surface area contributed by atoms with E-state index in [1.165, 1.54) is 0 Å². The molecule has 28 heavy (non-hydrogen) atoms. The molecule has 1 saturated carbocycles. The number of carbonyl (C=O) groups is 2. The van der Waals surface area contributed by atoms with Crippen LogP contribution in [0.25, 0.3) is 0 Å². The molecule has 1 aliphatic carbocycles. The summed E-state index contributed by atoms with van der Waals surface area (Å²) in [6, 6.07) is 8.80. The highest BCUT2D eigenvalue weighted by Gasteiger charge is 2.52. The van der Waals surface area contributed by atoms with Crippen molar-refractivity contribution in [2.24, 2.45) is 16.7 Å². The number of nitrogens with zero attached hydrogens (tertiary/aromatic N) is 1. The van der Waals surface area contributed by atoms with Crippen molar-refractivity contribution >= 4 is 17.6 Å². The van der Waals surface area contributed by atoms with Crippen LogP contribution in [0.3, 0.4) is 0 Å². The normalized spacial score (nSPS) is 27.8. The number of likely N-dealkylation sites (tertiary alicyclic amines) is 1. The quantitative estimate of drug-likeness (QED) is 0.775. The molecule has 0 radical (unpaired) electrons. The van der Waals surface area contributed by atoms with Gasteiger partial charge < -0.3 is 15.5 Å². The number of urea groups is 1. The second kappa shape index (κ2) is 7.76. The van der Waals surface area contributed by atoms with E-state index >= 15 is 0 Å². The van der Waals surface area contributed by atoms with E-state index in [9.17, 15) is 9.59 Å². The van der Waals surface area contributed by atoms with Crippen molar-refractivity contribution in [1.29, 1.82) is 0 Å². The Morgan fingerprint density at radius 3 is 2.50 bits per heavy atom. The molecule has 4 atom stereocenters. The van der Waals surface area contributed by atoms with Gasteiger partial charge in [-0.25, -0.2) is 4.79 Å². The fraction of sp³-hybridized carbons (Fsp3) is 0.652. The predicted molar refractivity (Wildman–Crippen MR) is 113 cm³/mol. The van der Waals surface area contributed by atoms with E-state index in [2.05, 4.69) is 43.2 Å². The molecule has 3 amide bonds. The molecule has 154 valence electrons. The van der Waals surface area contributed by atoms with Crippen LogP contribution >= 0.6 is 0 Å². The minimum atomic E-state index is -0.500. The zero-order chi connectivity index (χ0) is 20.5. The third-order valence-electron chi connectivity index (χ3n) is 6.50. The number of para-hydroxylation sites is 1. The Balaban J connectivity index is 1.73. The molecular formula is C23H35N3O2. The van der Waals surface area contributed by atoms with Crippen LogP contribution in [0, 0.1) is 16.7 Å². The summed E-state index contributed by atoms with van der Waals surface area (Å²) >= 11 is 0. The Bertz CT molecular complexity index is 718. The molecular weight excluding hydrogens is 350 g/mol. The van der Waals surface area contributed by atoms with Gasteiger partial charge in [-0.1, -0.05) is 59.2 Å². The van der Waals surface area contributed by atoms with Crippen LogP contribution in [0.1, 0.15) is 60.3 Å². The van der Waals surface area contributed by atoms with Crippen LogP contribution in [0.2, 0.25) is 0 Å². The van der Waals surface area contributed by atoms with E-state index in [1.807, 2.05) is 37.3 Å². The zero-order valence-corrected chi connectivity index (χ0v) is 17.9. The molecule has 1 aromatic carbocycles. The lowest BCUT2D eigenvalue weighted by Gasteiger charge is -2.39. The van der Waals surface area contributed by atoms with Gasteiger partial charge >= 0.3 is 6.03 Å². The molecule has 0 aromatic heterocycles. The molecule has 1 aliphatic heterocycles. The highest BCUT2D eigenvalue weighted by molar-refractivity contribution is 5.94. The van der Waals surface area contributed by atoms with Crippen LogP contribution in [0.4, 0.5) is 10.5 Å². The standard InChI is InChI=1S/C23H35N3O2/c1-6-16(2)19(25-21(28)24-17-10-8-7-9-11-17)20(27)26-15-23(5)13-18(26)12-22(3,4)14-23/h7-11,16,18-19H,6,12-15H2,1-5H3,(H2,24,25,28). The molecule has 2 bridgehead atoms. The summed E-state index contributed by atoms with van der Waals surface area (Å²) in [7, 11) is 0. The molecule has 5 nitrogen and oxygen atoms in total. The predicted octanol–water partition coefficient (Wildman–Crippen LogP) is 4.65. The first-order valence-electron chi connectivity index (χ1n) is 10.6. The molecule has 2 fully saturated rings. The summed E-state index contributed by atoms with van der Waals surface area (Å²) in [5.74, 6) is 0.152. The number of benzene rings is 1. The van der Waals surface area contributed by atoms with Crippen molar-refractivity contribution in [2.75, 3.05) is 11.9 Å². The molecule has 2 aliphatic rings. The number of anilines is 1. The maximum atomic E-state index is 13.5. The Labute approximate surface area is 169 Å². The summed E-state index contributed by atoms with van der Waals surface area (Å²) in [4.78, 5) is 28.1. The number of hydrogen-bond donors (Lipinski definition) is 2. The van der Waals surface area contributed by atoms with Crippen LogP contribution in [0.15, 0.2) is 30.3 Å². The Kier molecular flexibility index (Phi) is 5.74. The second-order valence-corrected chi connectivity index (χ2v) is 10.0. The van der Waals surface area contributed by atoms with Gasteiger partial charge in [-0.2, -0.15) is 0 Å². The van der Waals surface area contributed by atoms with Crippen molar-refractivity contribution in [3.8, 4) is 0 Å². The third kappa shape index (κ3) is 4.50. The van der Waals surface area contributed by atoms with Crippen LogP contribution in [0.5, 0.6) is 0 Å². The fourth-order valence-electron chi connectivity index (χ4n) is 5.41. The van der Waals surface area contributed by atoms with Gasteiger partial charge in [-0.05, 0) is 48.1 Å². The Morgan fingerprint density at radius 1 is 1.18 bits per heavy atom. The first kappa shape index (κ1) is 20.7. The number of nitrogens with one attached hydrogen (secondary N) is 2. The number of hydrogen-bond acceptors (Lipinski definition) is 2. The maximum absolute atomic E-state index is 13.5. The number of amides is 3. The molecule has 1 heterocycles. The molecule has 1 saturated heterocycles. The van der Waals surface area contributed by atoms with Crippen molar-refractivity contribution in [1.82, 2.24) is 10.2 Å². The molecule has 0 spiro atoms. The van der Waals surface area contributed by atoms with E-state index < -0.39 is 6.04 Å². The van der Waals surface area contributed by atoms with Crippen molar-refractivity contribution in [3.05, 3.63) is 30.3 Å². The average molecular weight is 386 g/mol. The molecule has 2 N–H and O–H groups in total. The zero-order valence-electron chi connectivity index (χ0n) is 17.9. The molecule has 4 unspecified atom stereocenters. The van der Waals surface area contributed by atoms with Gasteiger partial charge in [0.15, 0.2) is 0 Å². The first-order chi connectivity index (χ1) is 13.1. The molecule has 3 rings (SSSR count). The SMILES string of the molecule is CCC(C)C(NC(=O)Nc1ccccc1)C(=O)N1CC2(C)CC1CC(C)(C)C2. The van der Waals surface area contributed by atoms with E-state index in [1.54, 1.807) is 0 Å².